The number of aryl methyl sites for hydroxylation is 2. The van der Waals surface area contributed by atoms with Crippen LogP contribution in [0.5, 0.6) is 0 Å². The Hall–Kier alpha value is -2.31. The van der Waals surface area contributed by atoms with Crippen molar-refractivity contribution in [1.29, 1.82) is 0 Å². The molecule has 4 aromatic carbocycles. The Kier molecular flexibility index (Phi) is 8.50. The van der Waals surface area contributed by atoms with Gasteiger partial charge in [-0.15, -0.1) is 0 Å². The van der Waals surface area contributed by atoms with Crippen LogP contribution in [0.15, 0.2) is 94.3 Å². The molecule has 3 heteroatoms. The fourth-order valence-electron chi connectivity index (χ4n) is 7.40. The van der Waals surface area contributed by atoms with Crippen molar-refractivity contribution >= 4 is 26.4 Å². The molecule has 2 aliphatic carbocycles. The Morgan fingerprint density at radius 1 is 0.682 bits per heavy atom. The number of benzene rings is 4. The van der Waals surface area contributed by atoms with Crippen molar-refractivity contribution in [2.24, 2.45) is 0 Å². The number of rotatable bonds is 4. The van der Waals surface area contributed by atoms with Crippen molar-refractivity contribution in [3.63, 3.8) is 0 Å². The zero-order valence-electron chi connectivity index (χ0n) is 27.2. The Labute approximate surface area is 282 Å². The van der Waals surface area contributed by atoms with E-state index in [-0.39, 0.29) is 10.8 Å². The summed E-state index contributed by atoms with van der Waals surface area (Å²) in [6.07, 6.45) is 8.04. The third kappa shape index (κ3) is 5.86. The van der Waals surface area contributed by atoms with E-state index in [2.05, 4.69) is 134 Å². The van der Waals surface area contributed by atoms with Crippen LogP contribution in [0.25, 0.3) is 11.1 Å². The topological polar surface area (TPSA) is 0 Å². The monoisotopic (exact) mass is 694 g/mol. The van der Waals surface area contributed by atoms with Crippen LogP contribution in [-0.4, -0.2) is 3.21 Å². The molecule has 44 heavy (non-hydrogen) atoms. The zero-order chi connectivity index (χ0) is 31.6. The van der Waals surface area contributed by atoms with Crippen molar-refractivity contribution in [2.45, 2.75) is 76.3 Å². The van der Waals surface area contributed by atoms with E-state index in [0.29, 0.717) is 3.63 Å². The number of allylic oxidation sites excluding steroid dienone is 4. The quantitative estimate of drug-likeness (QED) is 0.199. The summed E-state index contributed by atoms with van der Waals surface area (Å²) < 4.78 is 3.41. The molecule has 0 fully saturated rings. The second-order valence-electron chi connectivity index (χ2n) is 14.6. The van der Waals surface area contributed by atoms with Crippen LogP contribution in [0.1, 0.15) is 96.1 Å². The summed E-state index contributed by atoms with van der Waals surface area (Å²) in [6, 6.07) is 27.2. The summed E-state index contributed by atoms with van der Waals surface area (Å²) in [7, 11) is 0. The first-order chi connectivity index (χ1) is 20.7. The Balaban J connectivity index is 1.77. The van der Waals surface area contributed by atoms with Gasteiger partial charge in [0.2, 0.25) is 0 Å². The zero-order valence-corrected chi connectivity index (χ0v) is 31.2. The first kappa shape index (κ1) is 31.7. The molecule has 0 unspecified atom stereocenters. The third-order valence-corrected chi connectivity index (χ3v) is 18.0. The van der Waals surface area contributed by atoms with Gasteiger partial charge in [-0.1, -0.05) is 0 Å². The SMILES string of the molecule is Cc1cc2c(cc1C(C)(C)C)-c1cc(C(C)(C)C)c(C)cc1[CH]2[Zr]([C]1=CC=CC1)=[C](c1cccc(Cl)c1)c1cccc(Cl)c1. The molecule has 4 aromatic rings. The van der Waals surface area contributed by atoms with E-state index in [9.17, 15) is 0 Å². The van der Waals surface area contributed by atoms with Crippen LogP contribution in [-0.2, 0) is 32.1 Å². The molecule has 224 valence electrons. The number of hydrogen-bond donors (Lipinski definition) is 0. The van der Waals surface area contributed by atoms with Crippen molar-refractivity contribution in [2.75, 3.05) is 0 Å². The molecule has 0 aromatic heterocycles. The minimum atomic E-state index is -2.84. The van der Waals surface area contributed by atoms with Crippen LogP contribution in [0.2, 0.25) is 10.0 Å². The van der Waals surface area contributed by atoms with Crippen LogP contribution < -0.4 is 0 Å². The maximum absolute atomic E-state index is 6.71. The average molecular weight is 697 g/mol. The van der Waals surface area contributed by atoms with E-state index in [1.54, 1.807) is 3.28 Å². The molecule has 0 saturated heterocycles. The standard InChI is InChI=1S/C23H29.C13H8Cl2.C5H5.Zr/c1-14-9-16-11-17-10-15(2)21(23(6,7)8)13-19(17)18(16)12-20(14)22(3,4)5;14-12-5-1-3-10(8-12)7-11-4-2-6-13(15)9-11;1-2-4-5-3-1;/h9-13H,1-8H3;1-6,8-9H;1-3H,4H2;. The summed E-state index contributed by atoms with van der Waals surface area (Å²) >= 11 is 10.6. The van der Waals surface area contributed by atoms with Gasteiger partial charge in [0.1, 0.15) is 0 Å². The van der Waals surface area contributed by atoms with E-state index in [1.165, 1.54) is 58.8 Å². The Bertz CT molecular complexity index is 1770. The molecular weight excluding hydrogens is 655 g/mol. The van der Waals surface area contributed by atoms with E-state index in [1.807, 2.05) is 12.1 Å². The molecule has 6 rings (SSSR count). The van der Waals surface area contributed by atoms with Gasteiger partial charge >= 0.3 is 284 Å². The number of fused-ring (bicyclic) bond motifs is 3. The van der Waals surface area contributed by atoms with Gasteiger partial charge in [0.05, 0.1) is 0 Å². The normalized spacial score (nSPS) is 14.5. The molecule has 0 nitrogen and oxygen atoms in total. The van der Waals surface area contributed by atoms with Gasteiger partial charge in [0.15, 0.2) is 0 Å². The van der Waals surface area contributed by atoms with Crippen molar-refractivity contribution in [3.8, 4) is 11.1 Å². The molecule has 0 saturated carbocycles. The molecule has 0 radical (unpaired) electrons. The van der Waals surface area contributed by atoms with Crippen LogP contribution in [0, 0.1) is 13.8 Å². The first-order valence-corrected chi connectivity index (χ1v) is 20.3. The van der Waals surface area contributed by atoms with E-state index in [0.717, 1.165) is 16.5 Å². The fraction of sp³-hybridized carbons (Fsp3) is 0.293. The van der Waals surface area contributed by atoms with Crippen molar-refractivity contribution in [3.05, 3.63) is 149 Å². The molecule has 0 heterocycles. The summed E-state index contributed by atoms with van der Waals surface area (Å²) in [5.74, 6) is 0. The number of hydrogen-bond acceptors (Lipinski definition) is 0. The second-order valence-corrected chi connectivity index (χ2v) is 21.7. The fourth-order valence-corrected chi connectivity index (χ4v) is 16.7. The molecule has 0 amide bonds. The van der Waals surface area contributed by atoms with Crippen LogP contribution in [0.3, 0.4) is 0 Å². The maximum atomic E-state index is 6.71. The van der Waals surface area contributed by atoms with Gasteiger partial charge in [-0.25, -0.2) is 0 Å². The molecule has 0 atom stereocenters. The first-order valence-electron chi connectivity index (χ1n) is 15.7. The molecule has 0 N–H and O–H groups in total. The molecule has 0 bridgehead atoms. The predicted molar refractivity (Wildman–Crippen MR) is 189 cm³/mol. The van der Waals surface area contributed by atoms with E-state index in [4.69, 9.17) is 23.2 Å². The van der Waals surface area contributed by atoms with E-state index < -0.39 is 21.3 Å². The predicted octanol–water partition coefficient (Wildman–Crippen LogP) is 12.0. The van der Waals surface area contributed by atoms with Gasteiger partial charge in [-0.05, 0) is 0 Å². The third-order valence-electron chi connectivity index (χ3n) is 9.22. The van der Waals surface area contributed by atoms with Gasteiger partial charge < -0.3 is 0 Å². The van der Waals surface area contributed by atoms with Gasteiger partial charge in [-0.3, -0.25) is 0 Å². The van der Waals surface area contributed by atoms with Crippen molar-refractivity contribution < 1.29 is 21.3 Å². The van der Waals surface area contributed by atoms with Crippen molar-refractivity contribution in [1.82, 2.24) is 0 Å². The van der Waals surface area contributed by atoms with Gasteiger partial charge in [-0.2, -0.15) is 0 Å². The second kappa shape index (κ2) is 11.8. The summed E-state index contributed by atoms with van der Waals surface area (Å²) in [5.41, 5.74) is 14.1. The summed E-state index contributed by atoms with van der Waals surface area (Å²) in [5, 5.41) is 1.54. The van der Waals surface area contributed by atoms with E-state index >= 15 is 0 Å². The molecule has 0 aliphatic heterocycles. The van der Waals surface area contributed by atoms with Gasteiger partial charge in [0, 0.05) is 0 Å². The van der Waals surface area contributed by atoms with Crippen LogP contribution >= 0.6 is 23.2 Å². The molecule has 2 aliphatic rings. The molecule has 0 spiro atoms. The van der Waals surface area contributed by atoms with Crippen LogP contribution in [0.4, 0.5) is 0 Å². The summed E-state index contributed by atoms with van der Waals surface area (Å²) in [6.45, 7) is 18.7. The summed E-state index contributed by atoms with van der Waals surface area (Å²) in [4.78, 5) is 0. The average Bonchev–Trinajstić information content (AvgIpc) is 3.56. The number of halogens is 2. The Morgan fingerprint density at radius 3 is 1.55 bits per heavy atom. The Morgan fingerprint density at radius 2 is 1.16 bits per heavy atom. The molecular formula is C41H42Cl2Zr. The van der Waals surface area contributed by atoms with Gasteiger partial charge in [0.25, 0.3) is 0 Å². The minimum absolute atomic E-state index is 0.0628.